The van der Waals surface area contributed by atoms with Crippen molar-refractivity contribution in [2.24, 2.45) is 0 Å². The molecule has 0 saturated heterocycles. The number of rotatable bonds is 6. The quantitative estimate of drug-likeness (QED) is 0.585. The standard InChI is InChI=1S/C16H20F3NO4/c1-5-23-14(21)13(15(22)24-6-2)10-7-8-11(16(17,18)19)12(9-10)20(3)4/h7-9,13H,5-6H2,1-4H3. The molecule has 0 aliphatic rings. The first kappa shape index (κ1) is 19.8. The molecule has 0 heterocycles. The highest BCUT2D eigenvalue weighted by atomic mass is 19.4. The van der Waals surface area contributed by atoms with E-state index in [2.05, 4.69) is 0 Å². The fourth-order valence-corrected chi connectivity index (χ4v) is 2.16. The van der Waals surface area contributed by atoms with Crippen molar-refractivity contribution in [2.45, 2.75) is 25.9 Å². The van der Waals surface area contributed by atoms with Crippen molar-refractivity contribution < 1.29 is 32.2 Å². The second-order valence-electron chi connectivity index (χ2n) is 5.11. The van der Waals surface area contributed by atoms with Crippen molar-refractivity contribution >= 4 is 17.6 Å². The van der Waals surface area contributed by atoms with Crippen molar-refractivity contribution in [3.05, 3.63) is 29.3 Å². The van der Waals surface area contributed by atoms with E-state index in [0.29, 0.717) is 0 Å². The fraction of sp³-hybridized carbons (Fsp3) is 0.500. The molecule has 24 heavy (non-hydrogen) atoms. The largest absolute Gasteiger partial charge is 0.465 e. The van der Waals surface area contributed by atoms with E-state index in [0.717, 1.165) is 18.2 Å². The van der Waals surface area contributed by atoms with Gasteiger partial charge in [0, 0.05) is 19.8 Å². The number of hydrogen-bond acceptors (Lipinski definition) is 5. The van der Waals surface area contributed by atoms with E-state index < -0.39 is 29.6 Å². The van der Waals surface area contributed by atoms with E-state index in [1.807, 2.05) is 0 Å². The summed E-state index contributed by atoms with van der Waals surface area (Å²) in [6.07, 6.45) is -4.55. The van der Waals surface area contributed by atoms with Gasteiger partial charge in [0.2, 0.25) is 0 Å². The van der Waals surface area contributed by atoms with E-state index in [4.69, 9.17) is 9.47 Å². The number of alkyl halides is 3. The van der Waals surface area contributed by atoms with Gasteiger partial charge in [-0.15, -0.1) is 0 Å². The fourth-order valence-electron chi connectivity index (χ4n) is 2.16. The zero-order valence-corrected chi connectivity index (χ0v) is 13.9. The van der Waals surface area contributed by atoms with Crippen molar-refractivity contribution in [3.63, 3.8) is 0 Å². The molecule has 0 aromatic heterocycles. The third-order valence-electron chi connectivity index (χ3n) is 3.19. The Balaban J connectivity index is 3.40. The Hall–Kier alpha value is -2.25. The first-order valence-corrected chi connectivity index (χ1v) is 7.35. The molecule has 0 spiro atoms. The lowest BCUT2D eigenvalue weighted by Gasteiger charge is -2.22. The first-order chi connectivity index (χ1) is 11.1. The van der Waals surface area contributed by atoms with E-state index in [1.54, 1.807) is 13.8 Å². The molecule has 0 N–H and O–H groups in total. The molecular weight excluding hydrogens is 327 g/mol. The summed E-state index contributed by atoms with van der Waals surface area (Å²) in [5.41, 5.74) is -0.926. The SMILES string of the molecule is CCOC(=O)C(C(=O)OCC)c1ccc(C(F)(F)F)c(N(C)C)c1. The minimum atomic E-state index is -4.55. The summed E-state index contributed by atoms with van der Waals surface area (Å²) in [6.45, 7) is 3.21. The van der Waals surface area contributed by atoms with Gasteiger partial charge in [0.05, 0.1) is 18.8 Å². The molecule has 1 aromatic rings. The van der Waals surface area contributed by atoms with Crippen LogP contribution >= 0.6 is 0 Å². The van der Waals surface area contributed by atoms with Gasteiger partial charge in [-0.3, -0.25) is 9.59 Å². The molecule has 0 radical (unpaired) electrons. The van der Waals surface area contributed by atoms with Gasteiger partial charge in [-0.25, -0.2) is 0 Å². The van der Waals surface area contributed by atoms with Gasteiger partial charge in [0.1, 0.15) is 0 Å². The number of esters is 2. The van der Waals surface area contributed by atoms with Crippen molar-refractivity contribution in [3.8, 4) is 0 Å². The van der Waals surface area contributed by atoms with Gasteiger partial charge in [0.25, 0.3) is 0 Å². The molecule has 5 nitrogen and oxygen atoms in total. The zero-order chi connectivity index (χ0) is 18.5. The van der Waals surface area contributed by atoms with E-state index >= 15 is 0 Å². The van der Waals surface area contributed by atoms with Crippen LogP contribution in [0.3, 0.4) is 0 Å². The summed E-state index contributed by atoms with van der Waals surface area (Å²) in [5, 5.41) is 0. The molecule has 0 amide bonds. The number of halogens is 3. The van der Waals surface area contributed by atoms with Crippen LogP contribution in [0, 0.1) is 0 Å². The zero-order valence-electron chi connectivity index (χ0n) is 13.9. The van der Waals surface area contributed by atoms with Crippen molar-refractivity contribution in [1.82, 2.24) is 0 Å². The Bertz CT molecular complexity index is 581. The topological polar surface area (TPSA) is 55.8 Å². The molecule has 0 aliphatic carbocycles. The highest BCUT2D eigenvalue weighted by Crippen LogP contribution is 2.38. The average Bonchev–Trinajstić information content (AvgIpc) is 2.46. The third kappa shape index (κ3) is 4.62. The molecule has 1 aromatic carbocycles. The molecule has 0 atom stereocenters. The summed E-state index contributed by atoms with van der Waals surface area (Å²) >= 11 is 0. The van der Waals surface area contributed by atoms with Gasteiger partial charge in [-0.2, -0.15) is 13.2 Å². The molecule has 1 rings (SSSR count). The number of benzene rings is 1. The first-order valence-electron chi connectivity index (χ1n) is 7.35. The number of hydrogen-bond donors (Lipinski definition) is 0. The van der Waals surface area contributed by atoms with E-state index in [1.165, 1.54) is 19.0 Å². The monoisotopic (exact) mass is 347 g/mol. The summed E-state index contributed by atoms with van der Waals surface area (Å²) in [6, 6.07) is 3.09. The number of nitrogens with zero attached hydrogens (tertiary/aromatic N) is 1. The Morgan fingerprint density at radius 2 is 1.58 bits per heavy atom. The second kappa shape index (κ2) is 8.03. The number of carbonyl (C=O) groups excluding carboxylic acids is 2. The van der Waals surface area contributed by atoms with Gasteiger partial charge in [-0.1, -0.05) is 6.07 Å². The maximum Gasteiger partial charge on any atom is 0.418 e. The van der Waals surface area contributed by atoms with Crippen LogP contribution in [-0.2, 0) is 25.2 Å². The molecule has 0 saturated carbocycles. The van der Waals surface area contributed by atoms with Crippen LogP contribution in [0.25, 0.3) is 0 Å². The van der Waals surface area contributed by atoms with Crippen LogP contribution in [0.15, 0.2) is 18.2 Å². The van der Waals surface area contributed by atoms with Crippen LogP contribution in [0.5, 0.6) is 0 Å². The third-order valence-corrected chi connectivity index (χ3v) is 3.19. The molecule has 134 valence electrons. The smallest absolute Gasteiger partial charge is 0.418 e. The van der Waals surface area contributed by atoms with E-state index in [9.17, 15) is 22.8 Å². The minimum absolute atomic E-state index is 0.0376. The van der Waals surface area contributed by atoms with Crippen LogP contribution in [0.1, 0.15) is 30.9 Å². The summed E-state index contributed by atoms with van der Waals surface area (Å²) < 4.78 is 49.0. The molecule has 8 heteroatoms. The molecule has 0 fully saturated rings. The van der Waals surface area contributed by atoms with Gasteiger partial charge >= 0.3 is 18.1 Å². The van der Waals surface area contributed by atoms with Gasteiger partial charge < -0.3 is 14.4 Å². The maximum atomic E-state index is 13.1. The van der Waals surface area contributed by atoms with Gasteiger partial charge in [-0.05, 0) is 31.5 Å². The van der Waals surface area contributed by atoms with Crippen LogP contribution in [-0.4, -0.2) is 39.2 Å². The van der Waals surface area contributed by atoms with E-state index in [-0.39, 0.29) is 24.5 Å². The molecule has 0 unspecified atom stereocenters. The van der Waals surface area contributed by atoms with Crippen LogP contribution < -0.4 is 4.90 Å². The number of carbonyl (C=O) groups is 2. The maximum absolute atomic E-state index is 13.1. The second-order valence-corrected chi connectivity index (χ2v) is 5.11. The molecule has 0 aliphatic heterocycles. The predicted octanol–water partition coefficient (Wildman–Crippen LogP) is 2.98. The molecule has 0 bridgehead atoms. The predicted molar refractivity (Wildman–Crippen MR) is 81.8 cm³/mol. The molecular formula is C16H20F3NO4. The summed E-state index contributed by atoms with van der Waals surface area (Å²) in [7, 11) is 2.89. The van der Waals surface area contributed by atoms with Crippen LogP contribution in [0.4, 0.5) is 18.9 Å². The highest BCUT2D eigenvalue weighted by Gasteiger charge is 2.37. The van der Waals surface area contributed by atoms with Crippen molar-refractivity contribution in [2.75, 3.05) is 32.2 Å². The number of ether oxygens (including phenoxy) is 2. The Kier molecular flexibility index (Phi) is 6.62. The average molecular weight is 347 g/mol. The Labute approximate surface area is 138 Å². The minimum Gasteiger partial charge on any atom is -0.465 e. The highest BCUT2D eigenvalue weighted by molar-refractivity contribution is 6.01. The lowest BCUT2D eigenvalue weighted by molar-refractivity contribution is -0.156. The Morgan fingerprint density at radius 3 is 1.96 bits per heavy atom. The van der Waals surface area contributed by atoms with Crippen LogP contribution in [0.2, 0.25) is 0 Å². The number of anilines is 1. The van der Waals surface area contributed by atoms with Gasteiger partial charge in [0.15, 0.2) is 5.92 Å². The summed E-state index contributed by atoms with van der Waals surface area (Å²) in [4.78, 5) is 25.4. The lowest BCUT2D eigenvalue weighted by atomic mass is 9.96. The normalized spacial score (nSPS) is 11.3. The van der Waals surface area contributed by atoms with Crippen molar-refractivity contribution in [1.29, 1.82) is 0 Å². The Morgan fingerprint density at radius 1 is 1.08 bits per heavy atom. The summed E-state index contributed by atoms with van der Waals surface area (Å²) in [5.74, 6) is -3.15. The lowest BCUT2D eigenvalue weighted by Crippen LogP contribution is -2.27.